The van der Waals surface area contributed by atoms with E-state index >= 15 is 0 Å². The average molecular weight is 294 g/mol. The molecule has 2 heterocycles. The lowest BCUT2D eigenvalue weighted by Crippen LogP contribution is -2.36. The molecular formula is C18H18N2O2. The number of nitriles is 1. The zero-order valence-electron chi connectivity index (χ0n) is 13.1. The summed E-state index contributed by atoms with van der Waals surface area (Å²) >= 11 is 0. The van der Waals surface area contributed by atoms with Crippen LogP contribution in [0, 0.1) is 32.1 Å². The normalized spacial score (nSPS) is 13.6. The number of amides is 1. The summed E-state index contributed by atoms with van der Waals surface area (Å²) in [5, 5.41) is 8.89. The van der Waals surface area contributed by atoms with Gasteiger partial charge in [0.1, 0.15) is 11.8 Å². The Hall–Kier alpha value is -2.54. The molecule has 22 heavy (non-hydrogen) atoms. The van der Waals surface area contributed by atoms with E-state index in [2.05, 4.69) is 26.0 Å². The molecule has 4 heteroatoms. The van der Waals surface area contributed by atoms with Gasteiger partial charge in [0, 0.05) is 19.2 Å². The van der Waals surface area contributed by atoms with Crippen molar-refractivity contribution in [2.45, 2.75) is 33.7 Å². The van der Waals surface area contributed by atoms with Crippen molar-refractivity contribution in [2.24, 2.45) is 0 Å². The van der Waals surface area contributed by atoms with E-state index in [9.17, 15) is 4.79 Å². The molecule has 1 aromatic heterocycles. The molecule has 3 rings (SSSR count). The minimum absolute atomic E-state index is 0.0624. The van der Waals surface area contributed by atoms with Crippen LogP contribution in [0.5, 0.6) is 0 Å². The number of carbonyl (C=O) groups excluding carboxylic acids is 1. The quantitative estimate of drug-likeness (QED) is 0.811. The number of nitrogens with zero attached hydrogens (tertiary/aromatic N) is 2. The van der Waals surface area contributed by atoms with E-state index in [0.29, 0.717) is 24.4 Å². The van der Waals surface area contributed by atoms with Crippen molar-refractivity contribution in [1.82, 2.24) is 4.90 Å². The highest BCUT2D eigenvalue weighted by Crippen LogP contribution is 2.26. The first kappa shape index (κ1) is 14.4. The van der Waals surface area contributed by atoms with Crippen molar-refractivity contribution in [1.29, 1.82) is 5.26 Å². The van der Waals surface area contributed by atoms with E-state index in [4.69, 9.17) is 9.68 Å². The third kappa shape index (κ3) is 2.39. The maximum atomic E-state index is 12.7. The van der Waals surface area contributed by atoms with Gasteiger partial charge in [0.05, 0.1) is 5.56 Å². The molecule has 4 nitrogen and oxygen atoms in total. The molecule has 0 unspecified atom stereocenters. The standard InChI is InChI=1S/C18H18N2O2/c1-11-6-12(2)16-4-5-20(10-14(16)7-11)18(21)17-8-15(9-19)22-13(17)3/h6-8H,4-5,10H2,1-3H3. The highest BCUT2D eigenvalue weighted by Gasteiger charge is 2.25. The van der Waals surface area contributed by atoms with Gasteiger partial charge in [0.2, 0.25) is 5.76 Å². The second-order valence-corrected chi connectivity index (χ2v) is 5.89. The van der Waals surface area contributed by atoms with Crippen molar-refractivity contribution in [3.05, 3.63) is 57.5 Å². The predicted octanol–water partition coefficient (Wildman–Crippen LogP) is 3.28. The Bertz CT molecular complexity index is 796. The molecule has 0 spiro atoms. The zero-order valence-corrected chi connectivity index (χ0v) is 13.1. The number of carbonyl (C=O) groups is 1. The number of rotatable bonds is 1. The number of hydrogen-bond acceptors (Lipinski definition) is 3. The average Bonchev–Trinajstić information content (AvgIpc) is 2.86. The summed E-state index contributed by atoms with van der Waals surface area (Å²) < 4.78 is 5.27. The Morgan fingerprint density at radius 3 is 2.73 bits per heavy atom. The van der Waals surface area contributed by atoms with E-state index in [1.807, 2.05) is 11.0 Å². The molecule has 0 radical (unpaired) electrons. The Kier molecular flexibility index (Phi) is 3.50. The van der Waals surface area contributed by atoms with E-state index in [1.165, 1.54) is 28.3 Å². The van der Waals surface area contributed by atoms with Crippen LogP contribution in [-0.4, -0.2) is 17.4 Å². The number of furan rings is 1. The number of fused-ring (bicyclic) bond motifs is 1. The molecule has 0 saturated heterocycles. The molecule has 0 fully saturated rings. The van der Waals surface area contributed by atoms with Crippen LogP contribution < -0.4 is 0 Å². The van der Waals surface area contributed by atoms with Crippen molar-refractivity contribution in [3.63, 3.8) is 0 Å². The summed E-state index contributed by atoms with van der Waals surface area (Å²) in [6, 6.07) is 7.82. The van der Waals surface area contributed by atoms with Gasteiger partial charge in [-0.3, -0.25) is 4.79 Å². The summed E-state index contributed by atoms with van der Waals surface area (Å²) in [4.78, 5) is 14.5. The van der Waals surface area contributed by atoms with E-state index in [-0.39, 0.29) is 11.7 Å². The lowest BCUT2D eigenvalue weighted by molar-refractivity contribution is 0.0732. The van der Waals surface area contributed by atoms with Crippen LogP contribution in [0.1, 0.15) is 44.1 Å². The molecule has 1 aliphatic rings. The maximum absolute atomic E-state index is 12.7. The van der Waals surface area contributed by atoms with Crippen LogP contribution in [0.15, 0.2) is 22.6 Å². The summed E-state index contributed by atoms with van der Waals surface area (Å²) in [5.41, 5.74) is 5.59. The summed E-state index contributed by atoms with van der Waals surface area (Å²) in [6.45, 7) is 7.24. The second kappa shape index (κ2) is 5.34. The monoisotopic (exact) mass is 294 g/mol. The van der Waals surface area contributed by atoms with Crippen LogP contribution in [0.2, 0.25) is 0 Å². The first-order valence-corrected chi connectivity index (χ1v) is 7.38. The Labute approximate surface area is 130 Å². The summed E-state index contributed by atoms with van der Waals surface area (Å²) in [7, 11) is 0. The van der Waals surface area contributed by atoms with Gasteiger partial charge in [-0.1, -0.05) is 17.7 Å². The highest BCUT2D eigenvalue weighted by molar-refractivity contribution is 5.95. The number of aryl methyl sites for hydroxylation is 3. The van der Waals surface area contributed by atoms with Crippen LogP contribution >= 0.6 is 0 Å². The second-order valence-electron chi connectivity index (χ2n) is 5.89. The topological polar surface area (TPSA) is 57.2 Å². The third-order valence-corrected chi connectivity index (χ3v) is 4.25. The van der Waals surface area contributed by atoms with Gasteiger partial charge in [0.15, 0.2) is 0 Å². The molecule has 0 atom stereocenters. The molecule has 2 aromatic rings. The minimum atomic E-state index is -0.0624. The Morgan fingerprint density at radius 1 is 1.27 bits per heavy atom. The van der Waals surface area contributed by atoms with Crippen LogP contribution in [-0.2, 0) is 13.0 Å². The molecule has 1 amide bonds. The maximum Gasteiger partial charge on any atom is 0.257 e. The third-order valence-electron chi connectivity index (χ3n) is 4.25. The minimum Gasteiger partial charge on any atom is -0.450 e. The number of benzene rings is 1. The van der Waals surface area contributed by atoms with Gasteiger partial charge in [-0.05, 0) is 43.9 Å². The van der Waals surface area contributed by atoms with E-state index in [0.717, 1.165) is 6.42 Å². The van der Waals surface area contributed by atoms with Gasteiger partial charge < -0.3 is 9.32 Å². The summed E-state index contributed by atoms with van der Waals surface area (Å²) in [5.74, 6) is 0.630. The van der Waals surface area contributed by atoms with E-state index < -0.39 is 0 Å². The van der Waals surface area contributed by atoms with Crippen LogP contribution in [0.25, 0.3) is 0 Å². The lowest BCUT2D eigenvalue weighted by Gasteiger charge is -2.30. The van der Waals surface area contributed by atoms with Gasteiger partial charge in [-0.2, -0.15) is 5.26 Å². The zero-order chi connectivity index (χ0) is 15.9. The van der Waals surface area contributed by atoms with Crippen molar-refractivity contribution in [2.75, 3.05) is 6.54 Å². The number of hydrogen-bond donors (Lipinski definition) is 0. The Morgan fingerprint density at radius 2 is 2.05 bits per heavy atom. The van der Waals surface area contributed by atoms with Crippen LogP contribution in [0.4, 0.5) is 0 Å². The molecule has 112 valence electrons. The van der Waals surface area contributed by atoms with E-state index in [1.54, 1.807) is 6.92 Å². The van der Waals surface area contributed by atoms with Crippen molar-refractivity contribution in [3.8, 4) is 6.07 Å². The van der Waals surface area contributed by atoms with Crippen molar-refractivity contribution < 1.29 is 9.21 Å². The van der Waals surface area contributed by atoms with Gasteiger partial charge >= 0.3 is 0 Å². The summed E-state index contributed by atoms with van der Waals surface area (Å²) in [6.07, 6.45) is 0.870. The molecule has 0 saturated carbocycles. The van der Waals surface area contributed by atoms with Crippen LogP contribution in [0.3, 0.4) is 0 Å². The fourth-order valence-electron chi connectivity index (χ4n) is 3.21. The van der Waals surface area contributed by atoms with Crippen molar-refractivity contribution >= 4 is 5.91 Å². The highest BCUT2D eigenvalue weighted by atomic mass is 16.3. The van der Waals surface area contributed by atoms with Gasteiger partial charge in [-0.25, -0.2) is 0 Å². The molecular weight excluding hydrogens is 276 g/mol. The molecule has 0 N–H and O–H groups in total. The van der Waals surface area contributed by atoms with Gasteiger partial charge in [-0.15, -0.1) is 0 Å². The first-order chi connectivity index (χ1) is 10.5. The SMILES string of the molecule is Cc1cc(C)c2c(c1)CN(C(=O)c1cc(C#N)oc1C)CC2. The molecule has 0 aliphatic carbocycles. The lowest BCUT2D eigenvalue weighted by atomic mass is 9.93. The predicted molar refractivity (Wildman–Crippen MR) is 82.5 cm³/mol. The smallest absolute Gasteiger partial charge is 0.257 e. The molecule has 0 bridgehead atoms. The Balaban J connectivity index is 1.89. The molecule has 1 aliphatic heterocycles. The largest absolute Gasteiger partial charge is 0.450 e. The fraction of sp³-hybridized carbons (Fsp3) is 0.333. The molecule has 1 aromatic carbocycles. The first-order valence-electron chi connectivity index (χ1n) is 7.38. The fourth-order valence-corrected chi connectivity index (χ4v) is 3.21. The van der Waals surface area contributed by atoms with Gasteiger partial charge in [0.25, 0.3) is 5.91 Å².